The van der Waals surface area contributed by atoms with Gasteiger partial charge in [0, 0.05) is 4.47 Å². The van der Waals surface area contributed by atoms with Gasteiger partial charge in [-0.05, 0) is 67.1 Å². The molecule has 0 aromatic heterocycles. The van der Waals surface area contributed by atoms with Crippen molar-refractivity contribution in [2.75, 3.05) is 0 Å². The topological polar surface area (TPSA) is 38.0 Å². The van der Waals surface area contributed by atoms with Gasteiger partial charge in [-0.2, -0.15) is 0 Å². The Morgan fingerprint density at radius 2 is 1.75 bits per heavy atom. The van der Waals surface area contributed by atoms with E-state index in [1.54, 1.807) is 0 Å². The van der Waals surface area contributed by atoms with Crippen LogP contribution in [0.15, 0.2) is 40.9 Å². The van der Waals surface area contributed by atoms with Crippen LogP contribution in [0.2, 0.25) is 0 Å². The van der Waals surface area contributed by atoms with Crippen LogP contribution in [0.3, 0.4) is 0 Å². The molecule has 0 saturated heterocycles. The monoisotopic (exact) mass is 332 g/mol. The molecule has 0 spiro atoms. The van der Waals surface area contributed by atoms with Gasteiger partial charge in [0.2, 0.25) is 0 Å². The van der Waals surface area contributed by atoms with E-state index in [9.17, 15) is 0 Å². The Morgan fingerprint density at radius 1 is 1.00 bits per heavy atom. The lowest BCUT2D eigenvalue weighted by atomic mass is 9.94. The number of hydrogen-bond acceptors (Lipinski definition) is 2. The summed E-state index contributed by atoms with van der Waals surface area (Å²) in [5.41, 5.74) is 9.39. The minimum absolute atomic E-state index is 0.130. The number of rotatable bonds is 4. The van der Waals surface area contributed by atoms with Crippen LogP contribution >= 0.6 is 15.9 Å². The standard InChI is InChI=1S/C17H21BrN2/c1-11-4-5-14(8-12(11)2)10-17(20-19)16-7-6-15(18)9-13(16)3/h4-9,17,20H,10,19H2,1-3H3. The molecule has 0 fully saturated rings. The molecule has 0 aliphatic carbocycles. The number of benzene rings is 2. The predicted octanol–water partition coefficient (Wildman–Crippen LogP) is 4.12. The SMILES string of the molecule is Cc1ccc(CC(NN)c2ccc(Br)cc2C)cc1C. The van der Waals surface area contributed by atoms with E-state index >= 15 is 0 Å². The first-order chi connectivity index (χ1) is 9.51. The molecular weight excluding hydrogens is 312 g/mol. The van der Waals surface area contributed by atoms with E-state index in [1.807, 2.05) is 0 Å². The van der Waals surface area contributed by atoms with Crippen LogP contribution in [0.5, 0.6) is 0 Å². The Kier molecular flexibility index (Phi) is 4.97. The van der Waals surface area contributed by atoms with Crippen molar-refractivity contribution >= 4 is 15.9 Å². The van der Waals surface area contributed by atoms with Crippen LogP contribution in [0.1, 0.15) is 33.9 Å². The molecule has 2 aromatic rings. The third-order valence-electron chi connectivity index (χ3n) is 3.82. The summed E-state index contributed by atoms with van der Waals surface area (Å²) in [5, 5.41) is 0. The normalized spacial score (nSPS) is 12.4. The van der Waals surface area contributed by atoms with Crippen LogP contribution in [0, 0.1) is 20.8 Å². The van der Waals surface area contributed by atoms with Crippen molar-refractivity contribution < 1.29 is 0 Å². The molecule has 0 radical (unpaired) electrons. The van der Waals surface area contributed by atoms with E-state index < -0.39 is 0 Å². The molecule has 0 heterocycles. The van der Waals surface area contributed by atoms with E-state index in [0.717, 1.165) is 10.9 Å². The number of aryl methyl sites for hydroxylation is 3. The molecule has 0 saturated carbocycles. The number of hydrazine groups is 1. The van der Waals surface area contributed by atoms with Crippen molar-refractivity contribution in [2.24, 2.45) is 5.84 Å². The molecular formula is C17H21BrN2. The number of nitrogens with two attached hydrogens (primary N) is 1. The molecule has 1 atom stereocenters. The smallest absolute Gasteiger partial charge is 0.0502 e. The van der Waals surface area contributed by atoms with Gasteiger partial charge in [-0.25, -0.2) is 0 Å². The molecule has 106 valence electrons. The maximum absolute atomic E-state index is 5.77. The number of halogens is 1. The molecule has 2 rings (SSSR count). The highest BCUT2D eigenvalue weighted by atomic mass is 79.9. The Hall–Kier alpha value is -1.16. The van der Waals surface area contributed by atoms with Crippen LogP contribution in [0.4, 0.5) is 0 Å². The summed E-state index contributed by atoms with van der Waals surface area (Å²) >= 11 is 3.50. The summed E-state index contributed by atoms with van der Waals surface area (Å²) in [6.45, 7) is 6.40. The Bertz CT molecular complexity index is 608. The minimum Gasteiger partial charge on any atom is -0.271 e. The maximum Gasteiger partial charge on any atom is 0.0502 e. The molecule has 0 aliphatic heterocycles. The van der Waals surface area contributed by atoms with Crippen molar-refractivity contribution in [3.8, 4) is 0 Å². The van der Waals surface area contributed by atoms with Gasteiger partial charge < -0.3 is 0 Å². The Labute approximate surface area is 129 Å². The summed E-state index contributed by atoms with van der Waals surface area (Å²) in [5.74, 6) is 5.77. The van der Waals surface area contributed by atoms with Gasteiger partial charge in [0.25, 0.3) is 0 Å². The third kappa shape index (κ3) is 3.48. The molecule has 0 bridgehead atoms. The zero-order chi connectivity index (χ0) is 14.7. The van der Waals surface area contributed by atoms with E-state index in [2.05, 4.69) is 78.5 Å². The van der Waals surface area contributed by atoms with Crippen molar-refractivity contribution in [3.05, 3.63) is 68.7 Å². The Morgan fingerprint density at radius 3 is 2.35 bits per heavy atom. The second kappa shape index (κ2) is 6.53. The van der Waals surface area contributed by atoms with Crippen molar-refractivity contribution in [2.45, 2.75) is 33.2 Å². The molecule has 2 nitrogen and oxygen atoms in total. The summed E-state index contributed by atoms with van der Waals surface area (Å²) in [4.78, 5) is 0. The largest absolute Gasteiger partial charge is 0.271 e. The summed E-state index contributed by atoms with van der Waals surface area (Å²) in [6, 6.07) is 13.0. The molecule has 3 heteroatoms. The van der Waals surface area contributed by atoms with Crippen LogP contribution < -0.4 is 11.3 Å². The highest BCUT2D eigenvalue weighted by Gasteiger charge is 2.13. The zero-order valence-electron chi connectivity index (χ0n) is 12.2. The van der Waals surface area contributed by atoms with Gasteiger partial charge in [0.05, 0.1) is 6.04 Å². The zero-order valence-corrected chi connectivity index (χ0v) is 13.8. The first kappa shape index (κ1) is 15.2. The quantitative estimate of drug-likeness (QED) is 0.652. The van der Waals surface area contributed by atoms with E-state index in [4.69, 9.17) is 5.84 Å². The molecule has 2 aromatic carbocycles. The van der Waals surface area contributed by atoms with Crippen molar-refractivity contribution in [1.82, 2.24) is 5.43 Å². The van der Waals surface area contributed by atoms with Crippen LogP contribution in [-0.2, 0) is 6.42 Å². The van der Waals surface area contributed by atoms with Crippen molar-refractivity contribution in [1.29, 1.82) is 0 Å². The van der Waals surface area contributed by atoms with Crippen LogP contribution in [0.25, 0.3) is 0 Å². The fraction of sp³-hybridized carbons (Fsp3) is 0.294. The molecule has 0 aliphatic rings. The molecule has 3 N–H and O–H groups in total. The first-order valence-electron chi connectivity index (χ1n) is 6.79. The fourth-order valence-corrected chi connectivity index (χ4v) is 2.93. The van der Waals surface area contributed by atoms with Gasteiger partial charge in [-0.3, -0.25) is 11.3 Å². The molecule has 20 heavy (non-hydrogen) atoms. The first-order valence-corrected chi connectivity index (χ1v) is 7.59. The lowest BCUT2D eigenvalue weighted by Gasteiger charge is -2.19. The molecule has 1 unspecified atom stereocenters. The maximum atomic E-state index is 5.77. The van der Waals surface area contributed by atoms with E-state index in [-0.39, 0.29) is 6.04 Å². The Balaban J connectivity index is 2.26. The highest BCUT2D eigenvalue weighted by Crippen LogP contribution is 2.24. The minimum atomic E-state index is 0.130. The second-order valence-electron chi connectivity index (χ2n) is 5.34. The predicted molar refractivity (Wildman–Crippen MR) is 88.6 cm³/mol. The third-order valence-corrected chi connectivity index (χ3v) is 4.31. The van der Waals surface area contributed by atoms with E-state index in [0.29, 0.717) is 0 Å². The molecule has 0 amide bonds. The van der Waals surface area contributed by atoms with E-state index in [1.165, 1.54) is 27.8 Å². The number of nitrogens with one attached hydrogen (secondary N) is 1. The van der Waals surface area contributed by atoms with Gasteiger partial charge in [-0.1, -0.05) is 40.2 Å². The lowest BCUT2D eigenvalue weighted by Crippen LogP contribution is -2.30. The van der Waals surface area contributed by atoms with Crippen molar-refractivity contribution in [3.63, 3.8) is 0 Å². The van der Waals surface area contributed by atoms with Gasteiger partial charge in [0.15, 0.2) is 0 Å². The average Bonchev–Trinajstić information content (AvgIpc) is 2.41. The highest BCUT2D eigenvalue weighted by molar-refractivity contribution is 9.10. The fourth-order valence-electron chi connectivity index (χ4n) is 2.45. The lowest BCUT2D eigenvalue weighted by molar-refractivity contribution is 0.549. The number of hydrogen-bond donors (Lipinski definition) is 2. The van der Waals surface area contributed by atoms with Gasteiger partial charge in [0.1, 0.15) is 0 Å². The van der Waals surface area contributed by atoms with Gasteiger partial charge >= 0.3 is 0 Å². The van der Waals surface area contributed by atoms with Gasteiger partial charge in [-0.15, -0.1) is 0 Å². The summed E-state index contributed by atoms with van der Waals surface area (Å²) < 4.78 is 1.10. The second-order valence-corrected chi connectivity index (χ2v) is 6.26. The summed E-state index contributed by atoms with van der Waals surface area (Å²) in [7, 11) is 0. The average molecular weight is 333 g/mol. The summed E-state index contributed by atoms with van der Waals surface area (Å²) in [6.07, 6.45) is 0.889. The van der Waals surface area contributed by atoms with Crippen LogP contribution in [-0.4, -0.2) is 0 Å².